The summed E-state index contributed by atoms with van der Waals surface area (Å²) in [7, 11) is 1.74. The second-order valence-corrected chi connectivity index (χ2v) is 7.19. The van der Waals surface area contributed by atoms with E-state index in [1.54, 1.807) is 24.9 Å². The van der Waals surface area contributed by atoms with Crippen LogP contribution in [0, 0.1) is 12.9 Å². The fraction of sp³-hybridized carbons (Fsp3) is 0.421. The van der Waals surface area contributed by atoms with E-state index in [2.05, 4.69) is 15.6 Å². The highest BCUT2D eigenvalue weighted by molar-refractivity contribution is 5.74. The summed E-state index contributed by atoms with van der Waals surface area (Å²) in [6.45, 7) is 3.01. The number of alkyl halides is 3. The van der Waals surface area contributed by atoms with Gasteiger partial charge in [-0.3, -0.25) is 0 Å². The molecule has 8 heteroatoms. The van der Waals surface area contributed by atoms with Crippen LogP contribution in [-0.4, -0.2) is 31.2 Å². The standard InChI is InChI=1S/C19H20F4N4/c1-10-5-12(8-25-18(10)20)26-11-6-13-14-9-24-4-3-16(14)27(2)17(13)15(7-11)19(21,22)23/h5-8,14,16,24,26H,3-4,9H2,1-2H3/t14-,16-/m0/s1. The van der Waals surface area contributed by atoms with Crippen LogP contribution in [0.5, 0.6) is 0 Å². The molecule has 1 aromatic carbocycles. The third-order valence-corrected chi connectivity index (χ3v) is 5.44. The van der Waals surface area contributed by atoms with Gasteiger partial charge >= 0.3 is 6.18 Å². The largest absolute Gasteiger partial charge is 0.418 e. The van der Waals surface area contributed by atoms with Gasteiger partial charge in [0.05, 0.1) is 23.1 Å². The molecule has 0 aliphatic carbocycles. The summed E-state index contributed by atoms with van der Waals surface area (Å²) in [5, 5.41) is 6.24. The van der Waals surface area contributed by atoms with Crippen molar-refractivity contribution in [1.82, 2.24) is 10.3 Å². The molecular formula is C19H20F4N4. The van der Waals surface area contributed by atoms with Crippen molar-refractivity contribution < 1.29 is 17.6 Å². The molecule has 2 aliphatic rings. The Morgan fingerprint density at radius 2 is 2.00 bits per heavy atom. The molecule has 2 atom stereocenters. The molecule has 27 heavy (non-hydrogen) atoms. The van der Waals surface area contributed by atoms with E-state index in [-0.39, 0.29) is 17.6 Å². The van der Waals surface area contributed by atoms with Crippen molar-refractivity contribution in [1.29, 1.82) is 0 Å². The smallest absolute Gasteiger partial charge is 0.370 e. The first-order valence-corrected chi connectivity index (χ1v) is 8.83. The molecule has 0 amide bonds. The molecule has 4 rings (SSSR count). The third-order valence-electron chi connectivity index (χ3n) is 5.44. The fourth-order valence-corrected chi connectivity index (χ4v) is 4.21. The van der Waals surface area contributed by atoms with Crippen molar-refractivity contribution in [2.75, 3.05) is 30.4 Å². The van der Waals surface area contributed by atoms with Crippen LogP contribution >= 0.6 is 0 Å². The number of rotatable bonds is 2. The van der Waals surface area contributed by atoms with Crippen LogP contribution < -0.4 is 15.5 Å². The van der Waals surface area contributed by atoms with Gasteiger partial charge in [0.2, 0.25) is 5.95 Å². The molecule has 2 N–H and O–H groups in total. The Labute approximate surface area is 154 Å². The highest BCUT2D eigenvalue weighted by Gasteiger charge is 2.45. The molecule has 0 bridgehead atoms. The summed E-state index contributed by atoms with van der Waals surface area (Å²) in [5.41, 5.74) is 1.42. The molecule has 0 unspecified atom stereocenters. The van der Waals surface area contributed by atoms with Crippen molar-refractivity contribution in [2.24, 2.45) is 0 Å². The molecule has 4 nitrogen and oxygen atoms in total. The normalized spacial score (nSPS) is 21.8. The lowest BCUT2D eigenvalue weighted by molar-refractivity contribution is -0.137. The molecule has 0 radical (unpaired) electrons. The maximum atomic E-state index is 13.8. The van der Waals surface area contributed by atoms with Crippen LogP contribution in [-0.2, 0) is 6.18 Å². The lowest BCUT2D eigenvalue weighted by Crippen LogP contribution is -2.42. The molecule has 3 heterocycles. The maximum absolute atomic E-state index is 13.8. The Kier molecular flexibility index (Phi) is 4.25. The van der Waals surface area contributed by atoms with Crippen LogP contribution in [0.3, 0.4) is 0 Å². The van der Waals surface area contributed by atoms with Gasteiger partial charge in [-0.1, -0.05) is 0 Å². The Hall–Kier alpha value is -2.35. The van der Waals surface area contributed by atoms with Gasteiger partial charge in [0.1, 0.15) is 0 Å². The van der Waals surface area contributed by atoms with E-state index in [1.807, 2.05) is 0 Å². The van der Waals surface area contributed by atoms with Crippen LogP contribution in [0.15, 0.2) is 24.4 Å². The van der Waals surface area contributed by atoms with Gasteiger partial charge in [0.25, 0.3) is 0 Å². The predicted octanol–water partition coefficient (Wildman–Crippen LogP) is 4.19. The van der Waals surface area contributed by atoms with Gasteiger partial charge in [0, 0.05) is 36.8 Å². The van der Waals surface area contributed by atoms with E-state index in [0.29, 0.717) is 29.0 Å². The van der Waals surface area contributed by atoms with Gasteiger partial charge in [0.15, 0.2) is 0 Å². The lowest BCUT2D eigenvalue weighted by atomic mass is 9.89. The molecule has 2 aromatic rings. The van der Waals surface area contributed by atoms with Gasteiger partial charge < -0.3 is 15.5 Å². The zero-order valence-electron chi connectivity index (χ0n) is 15.0. The monoisotopic (exact) mass is 380 g/mol. The molecule has 0 saturated carbocycles. The minimum Gasteiger partial charge on any atom is -0.370 e. The minimum atomic E-state index is -4.46. The summed E-state index contributed by atoms with van der Waals surface area (Å²) in [6, 6.07) is 4.49. The average molecular weight is 380 g/mol. The van der Waals surface area contributed by atoms with Crippen molar-refractivity contribution in [3.63, 3.8) is 0 Å². The quantitative estimate of drug-likeness (QED) is 0.606. The van der Waals surface area contributed by atoms with Crippen LogP contribution in [0.1, 0.15) is 29.0 Å². The molecule has 1 aromatic heterocycles. The van der Waals surface area contributed by atoms with Crippen molar-refractivity contribution in [3.8, 4) is 0 Å². The average Bonchev–Trinajstić information content (AvgIpc) is 2.90. The SMILES string of the molecule is Cc1cc(Nc2cc3c(c(C(F)(F)F)c2)N(C)[C@H]2CCNC[C@@H]32)cnc1F. The number of pyridine rings is 1. The van der Waals surface area contributed by atoms with E-state index in [1.165, 1.54) is 12.3 Å². The third kappa shape index (κ3) is 3.12. The number of aromatic nitrogens is 1. The number of hydrogen-bond acceptors (Lipinski definition) is 4. The van der Waals surface area contributed by atoms with Crippen LogP contribution in [0.4, 0.5) is 34.6 Å². The number of aryl methyl sites for hydroxylation is 1. The number of likely N-dealkylation sites (N-methyl/N-ethyl adjacent to an activating group) is 1. The summed E-state index contributed by atoms with van der Waals surface area (Å²) in [5.74, 6) is -0.585. The first-order chi connectivity index (χ1) is 12.8. The van der Waals surface area contributed by atoms with Crippen molar-refractivity contribution in [2.45, 2.75) is 31.5 Å². The topological polar surface area (TPSA) is 40.2 Å². The molecule has 0 spiro atoms. The Morgan fingerprint density at radius 1 is 1.22 bits per heavy atom. The Balaban J connectivity index is 1.79. The summed E-state index contributed by atoms with van der Waals surface area (Å²) < 4.78 is 54.8. The van der Waals surface area contributed by atoms with Crippen LogP contribution in [0.25, 0.3) is 0 Å². The summed E-state index contributed by atoms with van der Waals surface area (Å²) >= 11 is 0. The van der Waals surface area contributed by atoms with E-state index in [9.17, 15) is 17.6 Å². The first kappa shape index (κ1) is 18.0. The van der Waals surface area contributed by atoms with E-state index >= 15 is 0 Å². The highest BCUT2D eigenvalue weighted by atomic mass is 19.4. The first-order valence-electron chi connectivity index (χ1n) is 8.83. The zero-order chi connectivity index (χ0) is 19.3. The predicted molar refractivity (Wildman–Crippen MR) is 96.1 cm³/mol. The number of fused-ring (bicyclic) bond motifs is 3. The lowest BCUT2D eigenvalue weighted by Gasteiger charge is -2.31. The summed E-state index contributed by atoms with van der Waals surface area (Å²) in [4.78, 5) is 5.40. The molecular weight excluding hydrogens is 360 g/mol. The molecule has 144 valence electrons. The minimum absolute atomic E-state index is 0.00896. The van der Waals surface area contributed by atoms with Gasteiger partial charge in [-0.2, -0.15) is 17.6 Å². The van der Waals surface area contributed by atoms with E-state index in [4.69, 9.17) is 0 Å². The van der Waals surface area contributed by atoms with E-state index in [0.717, 1.165) is 19.0 Å². The fourth-order valence-electron chi connectivity index (χ4n) is 4.21. The number of piperidine rings is 1. The van der Waals surface area contributed by atoms with Crippen molar-refractivity contribution in [3.05, 3.63) is 47.0 Å². The maximum Gasteiger partial charge on any atom is 0.418 e. The highest BCUT2D eigenvalue weighted by Crippen LogP contribution is 2.50. The number of benzene rings is 1. The number of nitrogens with zero attached hydrogens (tertiary/aromatic N) is 2. The summed E-state index contributed by atoms with van der Waals surface area (Å²) in [6.07, 6.45) is -2.38. The van der Waals surface area contributed by atoms with Gasteiger partial charge in [-0.15, -0.1) is 0 Å². The molecule has 2 aliphatic heterocycles. The van der Waals surface area contributed by atoms with E-state index < -0.39 is 17.7 Å². The second kappa shape index (κ2) is 6.37. The number of halogens is 4. The zero-order valence-corrected chi connectivity index (χ0v) is 15.0. The van der Waals surface area contributed by atoms with Gasteiger partial charge in [-0.05, 0) is 43.7 Å². The number of nitrogens with one attached hydrogen (secondary N) is 2. The Morgan fingerprint density at radius 3 is 2.70 bits per heavy atom. The van der Waals surface area contributed by atoms with Gasteiger partial charge in [-0.25, -0.2) is 4.98 Å². The molecule has 1 saturated heterocycles. The van der Waals surface area contributed by atoms with Crippen LogP contribution in [0.2, 0.25) is 0 Å². The molecule has 1 fully saturated rings. The van der Waals surface area contributed by atoms with Crippen molar-refractivity contribution >= 4 is 17.1 Å². The second-order valence-electron chi connectivity index (χ2n) is 7.19. The Bertz CT molecular complexity index is 881. The number of hydrogen-bond donors (Lipinski definition) is 2. The number of anilines is 3.